The summed E-state index contributed by atoms with van der Waals surface area (Å²) in [6.07, 6.45) is 3.52. The molecule has 3 heterocycles. The van der Waals surface area contributed by atoms with Crippen molar-refractivity contribution in [1.82, 2.24) is 4.98 Å². The standard InChI is InChI=1S/C20H18N2O2S/c23-18(19-6-3-13-25-19)8-7-16-14-15-4-1-2-5-17(15)21-20(16)22-9-11-24-12-10-22/h1-8,13-14H,9-12H2. The lowest BCUT2D eigenvalue weighted by Crippen LogP contribution is -2.37. The highest BCUT2D eigenvalue weighted by molar-refractivity contribution is 7.12. The Bertz CT molecular complexity index is 913. The third-order valence-electron chi connectivity index (χ3n) is 4.22. The van der Waals surface area contributed by atoms with Crippen LogP contribution >= 0.6 is 11.3 Å². The number of benzene rings is 1. The van der Waals surface area contributed by atoms with E-state index in [1.165, 1.54) is 11.3 Å². The molecule has 0 unspecified atom stereocenters. The number of pyridine rings is 1. The van der Waals surface area contributed by atoms with E-state index in [0.717, 1.165) is 40.3 Å². The molecule has 25 heavy (non-hydrogen) atoms. The lowest BCUT2D eigenvalue weighted by Gasteiger charge is -2.29. The van der Waals surface area contributed by atoms with Gasteiger partial charge in [0.1, 0.15) is 5.82 Å². The quantitative estimate of drug-likeness (QED) is 0.526. The predicted molar refractivity (Wildman–Crippen MR) is 102 cm³/mol. The number of ether oxygens (including phenoxy) is 1. The zero-order chi connectivity index (χ0) is 17.1. The van der Waals surface area contributed by atoms with Crippen LogP contribution in [-0.2, 0) is 4.74 Å². The number of hydrogen-bond acceptors (Lipinski definition) is 5. The van der Waals surface area contributed by atoms with Crippen LogP contribution in [0.15, 0.2) is 53.9 Å². The van der Waals surface area contributed by atoms with Crippen molar-refractivity contribution >= 4 is 39.9 Å². The zero-order valence-corrected chi connectivity index (χ0v) is 14.5. The Labute approximate surface area is 150 Å². The van der Waals surface area contributed by atoms with E-state index in [2.05, 4.69) is 11.0 Å². The van der Waals surface area contributed by atoms with E-state index in [1.54, 1.807) is 6.08 Å². The van der Waals surface area contributed by atoms with E-state index in [4.69, 9.17) is 9.72 Å². The SMILES string of the molecule is O=C(C=Cc1cc2ccccc2nc1N1CCOCC1)c1cccs1. The van der Waals surface area contributed by atoms with Crippen LogP contribution in [0.3, 0.4) is 0 Å². The van der Waals surface area contributed by atoms with Gasteiger partial charge in [-0.2, -0.15) is 0 Å². The largest absolute Gasteiger partial charge is 0.378 e. The Hall–Kier alpha value is -2.50. The van der Waals surface area contributed by atoms with Crippen molar-refractivity contribution < 1.29 is 9.53 Å². The van der Waals surface area contributed by atoms with Crippen molar-refractivity contribution in [3.05, 3.63) is 64.4 Å². The molecule has 1 saturated heterocycles. The molecule has 0 amide bonds. The molecule has 0 bridgehead atoms. The van der Waals surface area contributed by atoms with Gasteiger partial charge in [-0.15, -0.1) is 11.3 Å². The third kappa shape index (κ3) is 3.48. The molecule has 3 aromatic rings. The van der Waals surface area contributed by atoms with Crippen molar-refractivity contribution in [2.45, 2.75) is 0 Å². The van der Waals surface area contributed by atoms with Crippen molar-refractivity contribution in [2.75, 3.05) is 31.2 Å². The lowest BCUT2D eigenvalue weighted by molar-refractivity contribution is 0.105. The number of allylic oxidation sites excluding steroid dienone is 1. The molecule has 5 heteroatoms. The molecular formula is C20H18N2O2S. The van der Waals surface area contributed by atoms with Crippen LogP contribution in [0.2, 0.25) is 0 Å². The van der Waals surface area contributed by atoms with E-state index in [1.807, 2.05) is 47.9 Å². The third-order valence-corrected chi connectivity index (χ3v) is 5.11. The van der Waals surface area contributed by atoms with Gasteiger partial charge in [0.15, 0.2) is 5.78 Å². The molecule has 0 spiro atoms. The number of hydrogen-bond donors (Lipinski definition) is 0. The van der Waals surface area contributed by atoms with Crippen LogP contribution in [0.25, 0.3) is 17.0 Å². The Morgan fingerprint density at radius 2 is 2.00 bits per heavy atom. The van der Waals surface area contributed by atoms with E-state index in [9.17, 15) is 4.79 Å². The van der Waals surface area contributed by atoms with Gasteiger partial charge < -0.3 is 9.64 Å². The number of fused-ring (bicyclic) bond motifs is 1. The van der Waals surface area contributed by atoms with Gasteiger partial charge in [0.25, 0.3) is 0 Å². The average molecular weight is 350 g/mol. The fourth-order valence-electron chi connectivity index (χ4n) is 2.94. The van der Waals surface area contributed by atoms with Crippen molar-refractivity contribution in [3.63, 3.8) is 0 Å². The van der Waals surface area contributed by atoms with Gasteiger partial charge in [0.2, 0.25) is 0 Å². The van der Waals surface area contributed by atoms with Crippen LogP contribution < -0.4 is 4.90 Å². The molecule has 0 N–H and O–H groups in total. The maximum atomic E-state index is 12.3. The summed E-state index contributed by atoms with van der Waals surface area (Å²) < 4.78 is 5.46. The first-order chi connectivity index (χ1) is 12.3. The summed E-state index contributed by atoms with van der Waals surface area (Å²) >= 11 is 1.46. The number of anilines is 1. The van der Waals surface area contributed by atoms with Crippen LogP contribution in [0.5, 0.6) is 0 Å². The fraction of sp³-hybridized carbons (Fsp3) is 0.200. The second-order valence-corrected chi connectivity index (χ2v) is 6.82. The Morgan fingerprint density at radius 1 is 1.16 bits per heavy atom. The van der Waals surface area contributed by atoms with Gasteiger partial charge in [-0.25, -0.2) is 4.98 Å². The molecule has 1 aromatic carbocycles. The smallest absolute Gasteiger partial charge is 0.195 e. The topological polar surface area (TPSA) is 42.4 Å². The van der Waals surface area contributed by atoms with E-state index in [0.29, 0.717) is 13.2 Å². The first-order valence-electron chi connectivity index (χ1n) is 8.30. The maximum Gasteiger partial charge on any atom is 0.195 e. The zero-order valence-electron chi connectivity index (χ0n) is 13.7. The lowest BCUT2D eigenvalue weighted by atomic mass is 10.1. The van der Waals surface area contributed by atoms with Gasteiger partial charge in [-0.3, -0.25) is 4.79 Å². The number of para-hydroxylation sites is 1. The highest BCUT2D eigenvalue weighted by atomic mass is 32.1. The van der Waals surface area contributed by atoms with Crippen LogP contribution in [-0.4, -0.2) is 37.1 Å². The molecule has 4 nitrogen and oxygen atoms in total. The Morgan fingerprint density at radius 3 is 2.80 bits per heavy atom. The van der Waals surface area contributed by atoms with Gasteiger partial charge in [0, 0.05) is 24.0 Å². The van der Waals surface area contributed by atoms with Gasteiger partial charge in [-0.05, 0) is 35.7 Å². The van der Waals surface area contributed by atoms with E-state index in [-0.39, 0.29) is 5.78 Å². The molecule has 1 aliphatic rings. The Balaban J connectivity index is 1.73. The van der Waals surface area contributed by atoms with E-state index >= 15 is 0 Å². The molecule has 0 atom stereocenters. The maximum absolute atomic E-state index is 12.3. The molecule has 0 saturated carbocycles. The Kier molecular flexibility index (Phi) is 4.59. The molecular weight excluding hydrogens is 332 g/mol. The van der Waals surface area contributed by atoms with E-state index < -0.39 is 0 Å². The van der Waals surface area contributed by atoms with Crippen molar-refractivity contribution in [1.29, 1.82) is 0 Å². The number of morpholine rings is 1. The number of thiophene rings is 1. The minimum atomic E-state index is 0.0242. The molecule has 4 rings (SSSR count). The summed E-state index contributed by atoms with van der Waals surface area (Å²) in [7, 11) is 0. The van der Waals surface area contributed by atoms with Crippen molar-refractivity contribution in [2.24, 2.45) is 0 Å². The summed E-state index contributed by atoms with van der Waals surface area (Å²) in [5, 5.41) is 2.99. The predicted octanol–water partition coefficient (Wildman–Crippen LogP) is 4.03. The number of rotatable bonds is 4. The summed E-state index contributed by atoms with van der Waals surface area (Å²) in [5.74, 6) is 0.938. The molecule has 0 aliphatic carbocycles. The minimum Gasteiger partial charge on any atom is -0.378 e. The normalized spacial score (nSPS) is 15.1. The van der Waals surface area contributed by atoms with Crippen LogP contribution in [0.4, 0.5) is 5.82 Å². The molecule has 1 aliphatic heterocycles. The number of carbonyl (C=O) groups is 1. The number of nitrogens with zero attached hydrogens (tertiary/aromatic N) is 2. The first kappa shape index (κ1) is 16.0. The monoisotopic (exact) mass is 350 g/mol. The van der Waals surface area contributed by atoms with Crippen LogP contribution in [0, 0.1) is 0 Å². The number of aromatic nitrogens is 1. The summed E-state index contributed by atoms with van der Waals surface area (Å²) in [5.41, 5.74) is 1.93. The first-order valence-corrected chi connectivity index (χ1v) is 9.17. The fourth-order valence-corrected chi connectivity index (χ4v) is 3.58. The van der Waals surface area contributed by atoms with Gasteiger partial charge in [0.05, 0.1) is 23.6 Å². The average Bonchev–Trinajstić information content (AvgIpc) is 3.21. The molecule has 2 aromatic heterocycles. The van der Waals surface area contributed by atoms with Gasteiger partial charge >= 0.3 is 0 Å². The van der Waals surface area contributed by atoms with Gasteiger partial charge in [-0.1, -0.05) is 24.3 Å². The minimum absolute atomic E-state index is 0.0242. The summed E-state index contributed by atoms with van der Waals surface area (Å²) in [6, 6.07) is 13.9. The summed E-state index contributed by atoms with van der Waals surface area (Å²) in [6.45, 7) is 3.02. The molecule has 1 fully saturated rings. The highest BCUT2D eigenvalue weighted by Gasteiger charge is 2.16. The van der Waals surface area contributed by atoms with Crippen molar-refractivity contribution in [3.8, 4) is 0 Å². The second-order valence-electron chi connectivity index (χ2n) is 5.87. The molecule has 126 valence electrons. The number of carbonyl (C=O) groups excluding carboxylic acids is 1. The second kappa shape index (κ2) is 7.17. The molecule has 0 radical (unpaired) electrons. The van der Waals surface area contributed by atoms with Crippen LogP contribution in [0.1, 0.15) is 15.2 Å². The highest BCUT2D eigenvalue weighted by Crippen LogP contribution is 2.26. The number of ketones is 1. The summed E-state index contributed by atoms with van der Waals surface area (Å²) in [4.78, 5) is 20.1.